The number of nitrogens with zero attached hydrogens (tertiary/aromatic N) is 1. The Balaban J connectivity index is 1.99. The predicted octanol–water partition coefficient (Wildman–Crippen LogP) is 4.81. The number of benzene rings is 3. The fraction of sp³-hybridized carbons (Fsp3) is 0.208. The van der Waals surface area contributed by atoms with E-state index in [-0.39, 0.29) is 4.90 Å². The maximum absolute atomic E-state index is 13.5. The van der Waals surface area contributed by atoms with Crippen molar-refractivity contribution in [2.45, 2.75) is 18.7 Å². The van der Waals surface area contributed by atoms with Crippen LogP contribution < -0.4 is 19.1 Å². The fourth-order valence-electron chi connectivity index (χ4n) is 3.26. The Morgan fingerprint density at radius 2 is 1.61 bits per heavy atom. The Kier molecular flexibility index (Phi) is 7.50. The molecule has 9 heteroatoms. The highest BCUT2D eigenvalue weighted by Gasteiger charge is 2.28. The number of rotatable bonds is 8. The Hall–Kier alpha value is -3.23. The summed E-state index contributed by atoms with van der Waals surface area (Å²) in [5, 5.41) is 3.02. The SMILES string of the molecule is COc1cc(NC(=O)CN(c2ccccc2C)S(=O)(=O)c2ccc(C)cc2)c(OC)cc1Cl. The number of hydrogen-bond donors (Lipinski definition) is 1. The molecule has 0 saturated carbocycles. The van der Waals surface area contributed by atoms with Gasteiger partial charge in [-0.1, -0.05) is 47.5 Å². The van der Waals surface area contributed by atoms with Crippen molar-refractivity contribution in [2.75, 3.05) is 30.4 Å². The van der Waals surface area contributed by atoms with Gasteiger partial charge in [-0.3, -0.25) is 9.10 Å². The van der Waals surface area contributed by atoms with E-state index >= 15 is 0 Å². The number of nitrogens with one attached hydrogen (secondary N) is 1. The van der Waals surface area contributed by atoms with Gasteiger partial charge in [-0.2, -0.15) is 0 Å². The highest BCUT2D eigenvalue weighted by atomic mass is 35.5. The number of hydrogen-bond acceptors (Lipinski definition) is 5. The van der Waals surface area contributed by atoms with Crippen LogP contribution in [0.5, 0.6) is 11.5 Å². The van der Waals surface area contributed by atoms with E-state index < -0.39 is 22.5 Å². The minimum absolute atomic E-state index is 0.0925. The van der Waals surface area contributed by atoms with E-state index in [9.17, 15) is 13.2 Å². The first-order chi connectivity index (χ1) is 15.7. The summed E-state index contributed by atoms with van der Waals surface area (Å²) < 4.78 is 38.7. The minimum atomic E-state index is -4.02. The summed E-state index contributed by atoms with van der Waals surface area (Å²) in [5.74, 6) is 0.102. The van der Waals surface area contributed by atoms with Crippen LogP contribution in [0.25, 0.3) is 0 Å². The van der Waals surface area contributed by atoms with Crippen molar-refractivity contribution in [3.8, 4) is 11.5 Å². The van der Waals surface area contributed by atoms with Crippen molar-refractivity contribution in [3.05, 3.63) is 76.8 Å². The van der Waals surface area contributed by atoms with E-state index in [0.717, 1.165) is 9.87 Å². The molecule has 0 atom stereocenters. The van der Waals surface area contributed by atoms with Crippen LogP contribution in [0.3, 0.4) is 0 Å². The van der Waals surface area contributed by atoms with Crippen LogP contribution in [0.1, 0.15) is 11.1 Å². The molecule has 1 N–H and O–H groups in total. The molecule has 1 amide bonds. The molecule has 0 bridgehead atoms. The molecule has 3 rings (SSSR count). The van der Waals surface area contributed by atoms with Crippen LogP contribution in [0, 0.1) is 13.8 Å². The molecule has 0 heterocycles. The van der Waals surface area contributed by atoms with Gasteiger partial charge in [0.15, 0.2) is 0 Å². The summed E-state index contributed by atoms with van der Waals surface area (Å²) in [5.41, 5.74) is 2.36. The van der Waals surface area contributed by atoms with E-state index in [2.05, 4.69) is 5.32 Å². The zero-order chi connectivity index (χ0) is 24.2. The third kappa shape index (κ3) is 5.40. The van der Waals surface area contributed by atoms with Gasteiger partial charge >= 0.3 is 0 Å². The molecule has 3 aromatic carbocycles. The Labute approximate surface area is 198 Å². The first-order valence-corrected chi connectivity index (χ1v) is 11.9. The molecule has 7 nitrogen and oxygen atoms in total. The number of sulfonamides is 1. The van der Waals surface area contributed by atoms with E-state index in [1.165, 1.54) is 38.5 Å². The van der Waals surface area contributed by atoms with Gasteiger partial charge in [-0.05, 0) is 37.6 Å². The molecule has 0 fully saturated rings. The average Bonchev–Trinajstić information content (AvgIpc) is 2.79. The topological polar surface area (TPSA) is 84.9 Å². The highest BCUT2D eigenvalue weighted by molar-refractivity contribution is 7.92. The van der Waals surface area contributed by atoms with Crippen LogP contribution in [0.2, 0.25) is 5.02 Å². The number of anilines is 2. The molecule has 0 aromatic heterocycles. The standard InChI is InChI=1S/C24H25ClN2O5S/c1-16-9-11-18(12-10-16)33(29,30)27(21-8-6-5-7-17(21)2)15-24(28)26-20-14-22(31-3)19(25)13-23(20)32-4/h5-14H,15H2,1-4H3,(H,26,28). The average molecular weight is 489 g/mol. The van der Waals surface area contributed by atoms with E-state index in [4.69, 9.17) is 21.1 Å². The second-order valence-electron chi connectivity index (χ2n) is 7.35. The smallest absolute Gasteiger partial charge is 0.264 e. The van der Waals surface area contributed by atoms with Gasteiger partial charge in [-0.15, -0.1) is 0 Å². The third-order valence-corrected chi connectivity index (χ3v) is 7.10. The molecule has 0 aliphatic rings. The lowest BCUT2D eigenvalue weighted by Crippen LogP contribution is -2.38. The number of methoxy groups -OCH3 is 2. The van der Waals surface area contributed by atoms with Crippen LogP contribution >= 0.6 is 11.6 Å². The summed E-state index contributed by atoms with van der Waals surface area (Å²) in [6.07, 6.45) is 0. The van der Waals surface area contributed by atoms with Crippen molar-refractivity contribution >= 4 is 38.9 Å². The van der Waals surface area contributed by atoms with Gasteiger partial charge in [0.05, 0.1) is 35.5 Å². The summed E-state index contributed by atoms with van der Waals surface area (Å²) >= 11 is 6.13. The third-order valence-electron chi connectivity index (χ3n) is 5.03. The molecule has 0 spiro atoms. The van der Waals surface area contributed by atoms with Crippen LogP contribution in [0.4, 0.5) is 11.4 Å². The monoisotopic (exact) mass is 488 g/mol. The Bertz CT molecular complexity index is 1260. The van der Waals surface area contributed by atoms with Gasteiger partial charge < -0.3 is 14.8 Å². The molecule has 0 aliphatic carbocycles. The normalized spacial score (nSPS) is 11.1. The van der Waals surface area contributed by atoms with Crippen molar-refractivity contribution < 1.29 is 22.7 Å². The number of amides is 1. The number of aryl methyl sites for hydroxylation is 2. The molecule has 0 saturated heterocycles. The maximum Gasteiger partial charge on any atom is 0.264 e. The van der Waals surface area contributed by atoms with Crippen molar-refractivity contribution in [1.29, 1.82) is 0 Å². The van der Waals surface area contributed by atoms with E-state index in [1.54, 1.807) is 43.3 Å². The van der Waals surface area contributed by atoms with Gasteiger partial charge in [0.2, 0.25) is 5.91 Å². The quantitative estimate of drug-likeness (QED) is 0.492. The molecule has 0 unspecified atom stereocenters. The molecule has 0 aliphatic heterocycles. The van der Waals surface area contributed by atoms with Crippen molar-refractivity contribution in [1.82, 2.24) is 0 Å². The number of carbonyl (C=O) groups excluding carboxylic acids is 1. The molecule has 33 heavy (non-hydrogen) atoms. The van der Waals surface area contributed by atoms with E-state index in [0.29, 0.717) is 33.5 Å². The molecular weight excluding hydrogens is 464 g/mol. The van der Waals surface area contributed by atoms with Gasteiger partial charge in [0.1, 0.15) is 18.0 Å². The predicted molar refractivity (Wildman–Crippen MR) is 130 cm³/mol. The molecular formula is C24H25ClN2O5S. The molecule has 0 radical (unpaired) electrons. The second-order valence-corrected chi connectivity index (χ2v) is 9.62. The van der Waals surface area contributed by atoms with Crippen LogP contribution in [0.15, 0.2) is 65.6 Å². The summed E-state index contributed by atoms with van der Waals surface area (Å²) in [4.78, 5) is 13.1. The zero-order valence-electron chi connectivity index (χ0n) is 18.8. The van der Waals surface area contributed by atoms with Gasteiger partial charge in [0.25, 0.3) is 10.0 Å². The van der Waals surface area contributed by atoms with Crippen molar-refractivity contribution in [3.63, 3.8) is 0 Å². The number of halogens is 1. The Morgan fingerprint density at radius 3 is 2.21 bits per heavy atom. The van der Waals surface area contributed by atoms with Crippen LogP contribution in [-0.4, -0.2) is 35.1 Å². The number of ether oxygens (including phenoxy) is 2. The lowest BCUT2D eigenvalue weighted by Gasteiger charge is -2.26. The Morgan fingerprint density at radius 1 is 0.970 bits per heavy atom. The second kappa shape index (κ2) is 10.1. The molecule has 3 aromatic rings. The first kappa shape index (κ1) is 24.4. The highest BCUT2D eigenvalue weighted by Crippen LogP contribution is 2.36. The number of carbonyl (C=O) groups is 1. The minimum Gasteiger partial charge on any atom is -0.495 e. The van der Waals surface area contributed by atoms with Crippen molar-refractivity contribution in [2.24, 2.45) is 0 Å². The first-order valence-electron chi connectivity index (χ1n) is 10.0. The fourth-order valence-corrected chi connectivity index (χ4v) is 4.97. The molecule has 174 valence electrons. The zero-order valence-corrected chi connectivity index (χ0v) is 20.3. The maximum atomic E-state index is 13.5. The lowest BCUT2D eigenvalue weighted by atomic mass is 10.2. The largest absolute Gasteiger partial charge is 0.495 e. The van der Waals surface area contributed by atoms with Crippen LogP contribution in [-0.2, 0) is 14.8 Å². The lowest BCUT2D eigenvalue weighted by molar-refractivity contribution is -0.114. The van der Waals surface area contributed by atoms with Gasteiger partial charge in [0, 0.05) is 12.1 Å². The summed E-state index contributed by atoms with van der Waals surface area (Å²) in [6.45, 7) is 3.21. The van der Waals surface area contributed by atoms with Gasteiger partial charge in [-0.25, -0.2) is 8.42 Å². The summed E-state index contributed by atoms with van der Waals surface area (Å²) in [6, 6.07) is 16.5. The number of para-hydroxylation sites is 1. The van der Waals surface area contributed by atoms with E-state index in [1.807, 2.05) is 6.92 Å². The summed E-state index contributed by atoms with van der Waals surface area (Å²) in [7, 11) is -1.13.